The first kappa shape index (κ1) is 21.8. The molecule has 6 nitrogen and oxygen atoms in total. The van der Waals surface area contributed by atoms with Gasteiger partial charge in [-0.2, -0.15) is 13.2 Å². The van der Waals surface area contributed by atoms with Crippen molar-refractivity contribution in [3.8, 4) is 0 Å². The number of piperidine rings is 1. The van der Waals surface area contributed by atoms with Gasteiger partial charge in [0.2, 0.25) is 5.91 Å². The third-order valence-corrected chi connectivity index (χ3v) is 5.55. The SMILES string of the molecule is O=C(NCC(F)(F)F)c1ccccc1NC(=O)C1CCCN(C(=O)c2cccs2)C1. The maximum Gasteiger partial charge on any atom is 0.405 e. The number of rotatable bonds is 5. The summed E-state index contributed by atoms with van der Waals surface area (Å²) in [4.78, 5) is 39.7. The molecular formula is C20H20F3N3O3S. The van der Waals surface area contributed by atoms with Gasteiger partial charge in [0.05, 0.1) is 22.0 Å². The molecule has 0 radical (unpaired) electrons. The molecule has 30 heavy (non-hydrogen) atoms. The Morgan fingerprint density at radius 2 is 1.90 bits per heavy atom. The van der Waals surface area contributed by atoms with Gasteiger partial charge in [0.15, 0.2) is 0 Å². The minimum atomic E-state index is -4.53. The predicted octanol–water partition coefficient (Wildman–Crippen LogP) is 3.53. The lowest BCUT2D eigenvalue weighted by Crippen LogP contribution is -2.43. The molecule has 0 spiro atoms. The average molecular weight is 439 g/mol. The van der Waals surface area contributed by atoms with Crippen LogP contribution in [0.2, 0.25) is 0 Å². The monoisotopic (exact) mass is 439 g/mol. The molecule has 3 rings (SSSR count). The van der Waals surface area contributed by atoms with Crippen LogP contribution in [0.4, 0.5) is 18.9 Å². The average Bonchev–Trinajstić information content (AvgIpc) is 3.26. The van der Waals surface area contributed by atoms with Gasteiger partial charge in [0, 0.05) is 13.1 Å². The smallest absolute Gasteiger partial charge is 0.343 e. The van der Waals surface area contributed by atoms with E-state index >= 15 is 0 Å². The number of hydrogen-bond acceptors (Lipinski definition) is 4. The summed E-state index contributed by atoms with van der Waals surface area (Å²) in [6.45, 7) is -0.668. The highest BCUT2D eigenvalue weighted by Crippen LogP contribution is 2.23. The second-order valence-corrected chi connectivity index (χ2v) is 7.85. The molecule has 1 unspecified atom stereocenters. The molecule has 1 saturated heterocycles. The first-order chi connectivity index (χ1) is 14.2. The highest BCUT2D eigenvalue weighted by atomic mass is 32.1. The second kappa shape index (κ2) is 9.29. The number of likely N-dealkylation sites (tertiary alicyclic amines) is 1. The molecule has 3 amide bonds. The number of carbonyl (C=O) groups is 3. The Morgan fingerprint density at radius 1 is 1.13 bits per heavy atom. The van der Waals surface area contributed by atoms with Crippen LogP contribution in [0, 0.1) is 5.92 Å². The normalized spacial score (nSPS) is 16.8. The Bertz CT molecular complexity index is 916. The maximum absolute atomic E-state index is 12.8. The van der Waals surface area contributed by atoms with Gasteiger partial charge >= 0.3 is 6.18 Å². The summed E-state index contributed by atoms with van der Waals surface area (Å²) in [6.07, 6.45) is -3.31. The zero-order chi connectivity index (χ0) is 21.7. The van der Waals surface area contributed by atoms with Gasteiger partial charge in [-0.1, -0.05) is 18.2 Å². The fourth-order valence-corrected chi connectivity index (χ4v) is 3.92. The number of anilines is 1. The fourth-order valence-electron chi connectivity index (χ4n) is 3.23. The Hall–Kier alpha value is -2.88. The predicted molar refractivity (Wildman–Crippen MR) is 106 cm³/mol. The number of thiophene rings is 1. The number of halogens is 3. The van der Waals surface area contributed by atoms with Crippen molar-refractivity contribution in [1.29, 1.82) is 0 Å². The number of alkyl halides is 3. The van der Waals surface area contributed by atoms with Crippen LogP contribution in [-0.4, -0.2) is 48.4 Å². The van der Waals surface area contributed by atoms with Gasteiger partial charge in [-0.05, 0) is 36.4 Å². The van der Waals surface area contributed by atoms with E-state index in [9.17, 15) is 27.6 Å². The van der Waals surface area contributed by atoms with Crippen LogP contribution >= 0.6 is 11.3 Å². The van der Waals surface area contributed by atoms with E-state index in [0.717, 1.165) is 0 Å². The summed E-state index contributed by atoms with van der Waals surface area (Å²) in [7, 11) is 0. The third-order valence-electron chi connectivity index (χ3n) is 4.69. The van der Waals surface area contributed by atoms with Crippen molar-refractivity contribution in [3.63, 3.8) is 0 Å². The lowest BCUT2D eigenvalue weighted by molar-refractivity contribution is -0.123. The van der Waals surface area contributed by atoms with Crippen molar-refractivity contribution < 1.29 is 27.6 Å². The molecule has 0 bridgehead atoms. The van der Waals surface area contributed by atoms with Gasteiger partial charge < -0.3 is 15.5 Å². The zero-order valence-electron chi connectivity index (χ0n) is 15.9. The lowest BCUT2D eigenvalue weighted by Gasteiger charge is -2.32. The molecule has 0 aliphatic carbocycles. The van der Waals surface area contributed by atoms with E-state index in [4.69, 9.17) is 0 Å². The number of carbonyl (C=O) groups excluding carboxylic acids is 3. The van der Waals surface area contributed by atoms with E-state index in [1.165, 1.54) is 29.5 Å². The number of benzene rings is 1. The van der Waals surface area contributed by atoms with E-state index in [-0.39, 0.29) is 29.6 Å². The standard InChI is InChI=1S/C20H20F3N3O3S/c21-20(22,23)12-24-18(28)14-6-1-2-7-15(14)25-17(27)13-5-3-9-26(11-13)19(29)16-8-4-10-30-16/h1-2,4,6-8,10,13H,3,5,9,11-12H2,(H,24,28)(H,25,27). The molecule has 2 aromatic rings. The third kappa shape index (κ3) is 5.59. The number of hydrogen-bond donors (Lipinski definition) is 2. The summed E-state index contributed by atoms with van der Waals surface area (Å²) in [5, 5.41) is 6.25. The highest BCUT2D eigenvalue weighted by molar-refractivity contribution is 7.12. The van der Waals surface area contributed by atoms with Crippen molar-refractivity contribution in [3.05, 3.63) is 52.2 Å². The van der Waals surface area contributed by atoms with E-state index in [2.05, 4.69) is 5.32 Å². The maximum atomic E-state index is 12.8. The summed E-state index contributed by atoms with van der Waals surface area (Å²) in [6, 6.07) is 9.38. The molecule has 160 valence electrons. The Morgan fingerprint density at radius 3 is 2.60 bits per heavy atom. The van der Waals surface area contributed by atoms with Gasteiger partial charge in [0.1, 0.15) is 6.54 Å². The topological polar surface area (TPSA) is 78.5 Å². The van der Waals surface area contributed by atoms with Crippen molar-refractivity contribution >= 4 is 34.7 Å². The number of amides is 3. The van der Waals surface area contributed by atoms with Crippen molar-refractivity contribution in [2.24, 2.45) is 5.92 Å². The van der Waals surface area contributed by atoms with Crippen LogP contribution < -0.4 is 10.6 Å². The molecule has 1 aromatic heterocycles. The van der Waals surface area contributed by atoms with Gasteiger partial charge in [0.25, 0.3) is 11.8 Å². The lowest BCUT2D eigenvalue weighted by atomic mass is 9.96. The molecule has 1 aliphatic rings. The number of nitrogens with one attached hydrogen (secondary N) is 2. The van der Waals surface area contributed by atoms with Crippen LogP contribution in [0.15, 0.2) is 41.8 Å². The highest BCUT2D eigenvalue weighted by Gasteiger charge is 2.31. The summed E-state index contributed by atoms with van der Waals surface area (Å²) in [5.74, 6) is -1.92. The Balaban J connectivity index is 1.66. The number of nitrogens with zero attached hydrogens (tertiary/aromatic N) is 1. The molecule has 1 atom stereocenters. The van der Waals surface area contributed by atoms with E-state index in [0.29, 0.717) is 24.3 Å². The molecule has 1 aromatic carbocycles. The van der Waals surface area contributed by atoms with Gasteiger partial charge in [-0.25, -0.2) is 0 Å². The first-order valence-corrected chi connectivity index (χ1v) is 10.2. The van der Waals surface area contributed by atoms with Crippen LogP contribution in [0.1, 0.15) is 32.9 Å². The molecular weight excluding hydrogens is 419 g/mol. The Labute approximate surface area is 175 Å². The summed E-state index contributed by atoms with van der Waals surface area (Å²) >= 11 is 1.33. The van der Waals surface area contributed by atoms with Crippen LogP contribution in [-0.2, 0) is 4.79 Å². The first-order valence-electron chi connectivity index (χ1n) is 9.32. The van der Waals surface area contributed by atoms with E-state index in [1.807, 2.05) is 5.38 Å². The molecule has 2 N–H and O–H groups in total. The molecule has 2 heterocycles. The molecule has 1 aliphatic heterocycles. The van der Waals surface area contributed by atoms with Crippen molar-refractivity contribution in [2.45, 2.75) is 19.0 Å². The minimum absolute atomic E-state index is 0.0579. The van der Waals surface area contributed by atoms with Crippen LogP contribution in [0.25, 0.3) is 0 Å². The van der Waals surface area contributed by atoms with E-state index in [1.54, 1.807) is 28.4 Å². The molecule has 10 heteroatoms. The van der Waals surface area contributed by atoms with Crippen molar-refractivity contribution in [2.75, 3.05) is 25.0 Å². The van der Waals surface area contributed by atoms with Crippen molar-refractivity contribution in [1.82, 2.24) is 10.2 Å². The summed E-state index contributed by atoms with van der Waals surface area (Å²) < 4.78 is 37.1. The second-order valence-electron chi connectivity index (χ2n) is 6.90. The Kier molecular flexibility index (Phi) is 6.76. The molecule has 0 saturated carbocycles. The van der Waals surface area contributed by atoms with Crippen LogP contribution in [0.5, 0.6) is 0 Å². The largest absolute Gasteiger partial charge is 0.405 e. The fraction of sp³-hybridized carbons (Fsp3) is 0.350. The minimum Gasteiger partial charge on any atom is -0.343 e. The summed E-state index contributed by atoms with van der Waals surface area (Å²) in [5.41, 5.74) is 0.0707. The molecule has 1 fully saturated rings. The van der Waals surface area contributed by atoms with Crippen LogP contribution in [0.3, 0.4) is 0 Å². The quantitative estimate of drug-likeness (QED) is 0.748. The van der Waals surface area contributed by atoms with E-state index < -0.39 is 24.5 Å². The zero-order valence-corrected chi connectivity index (χ0v) is 16.7. The number of para-hydroxylation sites is 1. The van der Waals surface area contributed by atoms with Gasteiger partial charge in [-0.3, -0.25) is 14.4 Å². The van der Waals surface area contributed by atoms with Gasteiger partial charge in [-0.15, -0.1) is 11.3 Å².